The third-order valence-electron chi connectivity index (χ3n) is 4.19. The Kier molecular flexibility index (Phi) is 6.78. The summed E-state index contributed by atoms with van der Waals surface area (Å²) in [5.41, 5.74) is 2.54. The number of nitrogens with zero attached hydrogens (tertiary/aromatic N) is 1. The van der Waals surface area contributed by atoms with Crippen molar-refractivity contribution in [1.82, 2.24) is 0 Å². The predicted molar refractivity (Wildman–Crippen MR) is 112 cm³/mol. The SMILES string of the molecule is CCC(C(=O)Nc1ccc(Cl)cc1C)N(c1ccc(C)c(Cl)c1)S(C)(=O)=O. The zero-order valence-electron chi connectivity index (χ0n) is 15.6. The zero-order valence-corrected chi connectivity index (χ0v) is 17.9. The molecule has 0 bridgehead atoms. The first-order chi connectivity index (χ1) is 12.5. The van der Waals surface area contributed by atoms with Crippen LogP contribution in [0.25, 0.3) is 0 Å². The molecule has 8 heteroatoms. The van der Waals surface area contributed by atoms with E-state index in [0.717, 1.165) is 21.7 Å². The molecule has 5 nitrogen and oxygen atoms in total. The van der Waals surface area contributed by atoms with Gasteiger partial charge in [-0.1, -0.05) is 36.2 Å². The second kappa shape index (κ2) is 8.50. The minimum Gasteiger partial charge on any atom is -0.324 e. The van der Waals surface area contributed by atoms with E-state index in [9.17, 15) is 13.2 Å². The van der Waals surface area contributed by atoms with E-state index in [1.54, 1.807) is 43.3 Å². The van der Waals surface area contributed by atoms with Gasteiger partial charge in [-0.25, -0.2) is 8.42 Å². The second-order valence-electron chi connectivity index (χ2n) is 6.36. The number of hydrogen-bond acceptors (Lipinski definition) is 3. The highest BCUT2D eigenvalue weighted by atomic mass is 35.5. The van der Waals surface area contributed by atoms with Gasteiger partial charge in [0.2, 0.25) is 15.9 Å². The first kappa shape index (κ1) is 21.5. The summed E-state index contributed by atoms with van der Waals surface area (Å²) in [7, 11) is -3.72. The molecule has 1 amide bonds. The molecule has 0 aliphatic rings. The molecule has 0 spiro atoms. The van der Waals surface area contributed by atoms with E-state index >= 15 is 0 Å². The van der Waals surface area contributed by atoms with Gasteiger partial charge in [0.15, 0.2) is 0 Å². The minimum absolute atomic E-state index is 0.289. The van der Waals surface area contributed by atoms with Gasteiger partial charge < -0.3 is 5.32 Å². The molecule has 1 unspecified atom stereocenters. The molecular weight excluding hydrogens is 407 g/mol. The van der Waals surface area contributed by atoms with Crippen molar-refractivity contribution in [1.29, 1.82) is 0 Å². The van der Waals surface area contributed by atoms with Crippen molar-refractivity contribution in [3.63, 3.8) is 0 Å². The number of carbonyl (C=O) groups excluding carboxylic acids is 1. The van der Waals surface area contributed by atoms with Gasteiger partial charge in [-0.05, 0) is 61.7 Å². The van der Waals surface area contributed by atoms with E-state index in [0.29, 0.717) is 21.4 Å². The van der Waals surface area contributed by atoms with Crippen molar-refractivity contribution in [3.8, 4) is 0 Å². The highest BCUT2D eigenvalue weighted by Gasteiger charge is 2.32. The molecule has 2 rings (SSSR count). The minimum atomic E-state index is -3.72. The fourth-order valence-corrected chi connectivity index (χ4v) is 4.37. The maximum Gasteiger partial charge on any atom is 0.248 e. The van der Waals surface area contributed by atoms with Gasteiger partial charge in [-0.2, -0.15) is 0 Å². The molecule has 0 aliphatic heterocycles. The molecule has 1 N–H and O–H groups in total. The van der Waals surface area contributed by atoms with Crippen LogP contribution in [-0.4, -0.2) is 26.6 Å². The molecule has 0 saturated heterocycles. The molecule has 0 fully saturated rings. The van der Waals surface area contributed by atoms with Crippen LogP contribution in [0.15, 0.2) is 36.4 Å². The van der Waals surface area contributed by atoms with E-state index in [1.165, 1.54) is 0 Å². The molecule has 1 atom stereocenters. The van der Waals surface area contributed by atoms with Crippen LogP contribution in [0.5, 0.6) is 0 Å². The van der Waals surface area contributed by atoms with Crippen molar-refractivity contribution in [2.75, 3.05) is 15.9 Å². The van der Waals surface area contributed by atoms with Gasteiger partial charge in [-0.3, -0.25) is 9.10 Å². The number of nitrogens with one attached hydrogen (secondary N) is 1. The highest BCUT2D eigenvalue weighted by molar-refractivity contribution is 7.92. The number of benzene rings is 2. The Balaban J connectivity index is 2.42. The molecule has 27 heavy (non-hydrogen) atoms. The van der Waals surface area contributed by atoms with Gasteiger partial charge in [0.05, 0.1) is 11.9 Å². The summed E-state index contributed by atoms with van der Waals surface area (Å²) in [6, 6.07) is 9.09. The fraction of sp³-hybridized carbons (Fsp3) is 0.316. The van der Waals surface area contributed by atoms with E-state index in [-0.39, 0.29) is 6.42 Å². The predicted octanol–water partition coefficient (Wildman–Crippen LogP) is 4.79. The van der Waals surface area contributed by atoms with Crippen LogP contribution in [0.2, 0.25) is 10.0 Å². The Bertz CT molecular complexity index is 961. The smallest absolute Gasteiger partial charge is 0.248 e. The first-order valence-electron chi connectivity index (χ1n) is 8.37. The van der Waals surface area contributed by atoms with E-state index in [1.807, 2.05) is 13.8 Å². The van der Waals surface area contributed by atoms with Crippen molar-refractivity contribution in [2.45, 2.75) is 33.2 Å². The van der Waals surface area contributed by atoms with Crippen LogP contribution in [0, 0.1) is 13.8 Å². The van der Waals surface area contributed by atoms with Crippen LogP contribution in [0.4, 0.5) is 11.4 Å². The number of hydrogen-bond donors (Lipinski definition) is 1. The number of sulfonamides is 1. The monoisotopic (exact) mass is 428 g/mol. The van der Waals surface area contributed by atoms with Crippen LogP contribution in [0.1, 0.15) is 24.5 Å². The van der Waals surface area contributed by atoms with Gasteiger partial charge in [-0.15, -0.1) is 0 Å². The molecule has 2 aromatic carbocycles. The van der Waals surface area contributed by atoms with Gasteiger partial charge in [0, 0.05) is 15.7 Å². The molecular formula is C19H22Cl2N2O3S. The van der Waals surface area contributed by atoms with Crippen LogP contribution >= 0.6 is 23.2 Å². The average molecular weight is 429 g/mol. The Morgan fingerprint density at radius 1 is 1.11 bits per heavy atom. The van der Waals surface area contributed by atoms with Crippen molar-refractivity contribution < 1.29 is 13.2 Å². The maximum atomic E-state index is 12.9. The second-order valence-corrected chi connectivity index (χ2v) is 9.07. The molecule has 0 radical (unpaired) electrons. The summed E-state index contributed by atoms with van der Waals surface area (Å²) >= 11 is 12.1. The number of aryl methyl sites for hydroxylation is 2. The highest BCUT2D eigenvalue weighted by Crippen LogP contribution is 2.28. The Labute approximate surface area is 170 Å². The van der Waals surface area contributed by atoms with E-state index in [4.69, 9.17) is 23.2 Å². The summed E-state index contributed by atoms with van der Waals surface area (Å²) in [5.74, 6) is -0.426. The summed E-state index contributed by atoms with van der Waals surface area (Å²) in [4.78, 5) is 12.9. The third kappa shape index (κ3) is 5.15. The molecule has 0 saturated carbocycles. The van der Waals surface area contributed by atoms with Gasteiger partial charge in [0.25, 0.3) is 0 Å². The van der Waals surface area contributed by atoms with Crippen LogP contribution in [-0.2, 0) is 14.8 Å². The maximum absolute atomic E-state index is 12.9. The summed E-state index contributed by atoms with van der Waals surface area (Å²) in [6.07, 6.45) is 1.36. The Hall–Kier alpha value is -1.76. The van der Waals surface area contributed by atoms with Crippen LogP contribution in [0.3, 0.4) is 0 Å². The number of halogens is 2. The molecule has 146 valence electrons. The third-order valence-corrected chi connectivity index (χ3v) is 6.01. The van der Waals surface area contributed by atoms with E-state index < -0.39 is 22.0 Å². The number of rotatable bonds is 6. The van der Waals surface area contributed by atoms with Crippen LogP contribution < -0.4 is 9.62 Å². The summed E-state index contributed by atoms with van der Waals surface area (Å²) in [6.45, 7) is 5.40. The number of carbonyl (C=O) groups is 1. The van der Waals surface area contributed by atoms with Crippen molar-refractivity contribution in [2.24, 2.45) is 0 Å². The van der Waals surface area contributed by atoms with E-state index in [2.05, 4.69) is 5.32 Å². The standard InChI is InChI=1S/C19H22Cl2N2O3S/c1-5-18(19(24)22-17-9-7-14(20)10-13(17)3)23(27(4,25)26)15-8-6-12(2)16(21)11-15/h6-11,18H,5H2,1-4H3,(H,22,24). The first-order valence-corrected chi connectivity index (χ1v) is 11.0. The average Bonchev–Trinajstić information content (AvgIpc) is 2.56. The lowest BCUT2D eigenvalue weighted by atomic mass is 10.1. The fourth-order valence-electron chi connectivity index (χ4n) is 2.76. The lowest BCUT2D eigenvalue weighted by Gasteiger charge is -2.30. The molecule has 0 heterocycles. The molecule has 0 aromatic heterocycles. The van der Waals surface area contributed by atoms with Crippen molar-refractivity contribution >= 4 is 50.5 Å². The number of amides is 1. The Morgan fingerprint density at radius 2 is 1.78 bits per heavy atom. The summed E-state index contributed by atoms with van der Waals surface area (Å²) < 4.78 is 26.1. The Morgan fingerprint density at radius 3 is 2.30 bits per heavy atom. The quantitative estimate of drug-likeness (QED) is 0.718. The normalized spacial score (nSPS) is 12.5. The lowest BCUT2D eigenvalue weighted by Crippen LogP contribution is -2.47. The van der Waals surface area contributed by atoms with Gasteiger partial charge >= 0.3 is 0 Å². The summed E-state index contributed by atoms with van der Waals surface area (Å²) in [5, 5.41) is 3.80. The molecule has 0 aliphatic carbocycles. The van der Waals surface area contributed by atoms with Gasteiger partial charge in [0.1, 0.15) is 6.04 Å². The van der Waals surface area contributed by atoms with Crippen molar-refractivity contribution in [3.05, 3.63) is 57.6 Å². The zero-order chi connectivity index (χ0) is 20.4. The number of anilines is 2. The largest absolute Gasteiger partial charge is 0.324 e. The lowest BCUT2D eigenvalue weighted by molar-refractivity contribution is -0.117. The molecule has 2 aromatic rings. The topological polar surface area (TPSA) is 66.5 Å².